The van der Waals surface area contributed by atoms with Crippen molar-refractivity contribution < 1.29 is 14.3 Å². The van der Waals surface area contributed by atoms with Crippen LogP contribution in [0.25, 0.3) is 0 Å². The Morgan fingerprint density at radius 2 is 1.78 bits per heavy atom. The summed E-state index contributed by atoms with van der Waals surface area (Å²) < 4.78 is 5.04. The van der Waals surface area contributed by atoms with Crippen LogP contribution in [0.4, 0.5) is 4.79 Å². The van der Waals surface area contributed by atoms with Gasteiger partial charge in [-0.25, -0.2) is 4.79 Å². The van der Waals surface area contributed by atoms with Crippen molar-refractivity contribution in [2.45, 2.75) is 32.8 Å². The fourth-order valence-corrected chi connectivity index (χ4v) is 1.37. The van der Waals surface area contributed by atoms with Gasteiger partial charge in [0.25, 0.3) is 0 Å². The van der Waals surface area contributed by atoms with Crippen LogP contribution < -0.4 is 5.32 Å². The molecule has 0 radical (unpaired) electrons. The Bertz CT molecular complexity index is 407. The summed E-state index contributed by atoms with van der Waals surface area (Å²) in [6, 6.07) is 9.41. The molecule has 0 saturated heterocycles. The summed E-state index contributed by atoms with van der Waals surface area (Å²) in [5.41, 5.74) is 0.389. The van der Waals surface area contributed by atoms with Crippen molar-refractivity contribution in [2.75, 3.05) is 6.54 Å². The molecule has 98 valence electrons. The number of nitrogens with one attached hydrogen (secondary N) is 1. The minimum Gasteiger partial charge on any atom is -0.444 e. The average Bonchev–Trinajstić information content (AvgIpc) is 2.25. The van der Waals surface area contributed by atoms with E-state index in [0.717, 1.165) is 5.56 Å². The first-order valence-corrected chi connectivity index (χ1v) is 5.89. The van der Waals surface area contributed by atoms with Gasteiger partial charge < -0.3 is 10.1 Å². The summed E-state index contributed by atoms with van der Waals surface area (Å²) in [6.45, 7) is 5.32. The van der Waals surface area contributed by atoms with Crippen LogP contribution in [-0.2, 0) is 16.0 Å². The number of amides is 1. The number of carbonyl (C=O) groups excluding carboxylic acids is 2. The van der Waals surface area contributed by atoms with Gasteiger partial charge in [-0.1, -0.05) is 30.3 Å². The molecule has 4 heteroatoms. The lowest BCUT2D eigenvalue weighted by Gasteiger charge is -2.19. The first kappa shape index (κ1) is 14.2. The molecule has 1 aromatic carbocycles. The van der Waals surface area contributed by atoms with E-state index in [-0.39, 0.29) is 12.3 Å². The number of rotatable bonds is 4. The van der Waals surface area contributed by atoms with Crippen LogP contribution >= 0.6 is 0 Å². The topological polar surface area (TPSA) is 55.4 Å². The minimum atomic E-state index is -0.566. The summed E-state index contributed by atoms with van der Waals surface area (Å²) in [6.07, 6.45) is -0.250. The predicted molar refractivity (Wildman–Crippen MR) is 69.4 cm³/mol. The molecule has 0 saturated carbocycles. The Balaban J connectivity index is 2.32. The Morgan fingerprint density at radius 1 is 1.17 bits per heavy atom. The smallest absolute Gasteiger partial charge is 0.408 e. The molecule has 1 rings (SSSR count). The van der Waals surface area contributed by atoms with Crippen molar-refractivity contribution in [1.29, 1.82) is 0 Å². The maximum absolute atomic E-state index is 11.6. The maximum atomic E-state index is 11.6. The Kier molecular flexibility index (Phi) is 4.89. The lowest BCUT2D eigenvalue weighted by molar-refractivity contribution is -0.117. The van der Waals surface area contributed by atoms with E-state index >= 15 is 0 Å². The number of ketones is 1. The normalized spacial score (nSPS) is 10.8. The lowest BCUT2D eigenvalue weighted by atomic mass is 10.1. The van der Waals surface area contributed by atoms with E-state index in [1.807, 2.05) is 30.3 Å². The van der Waals surface area contributed by atoms with Crippen molar-refractivity contribution in [3.05, 3.63) is 35.9 Å². The molecule has 18 heavy (non-hydrogen) atoms. The van der Waals surface area contributed by atoms with Crippen LogP contribution in [0, 0.1) is 0 Å². The van der Waals surface area contributed by atoms with Crippen molar-refractivity contribution in [2.24, 2.45) is 0 Å². The number of ether oxygens (including phenoxy) is 1. The molecule has 1 aromatic rings. The monoisotopic (exact) mass is 249 g/mol. The van der Waals surface area contributed by atoms with Crippen LogP contribution in [0.5, 0.6) is 0 Å². The zero-order valence-corrected chi connectivity index (χ0v) is 11.0. The molecular weight excluding hydrogens is 230 g/mol. The summed E-state index contributed by atoms with van der Waals surface area (Å²) in [7, 11) is 0. The highest BCUT2D eigenvalue weighted by Crippen LogP contribution is 2.06. The average molecular weight is 249 g/mol. The predicted octanol–water partition coefficient (Wildman–Crippen LogP) is 2.32. The highest BCUT2D eigenvalue weighted by Gasteiger charge is 2.16. The molecule has 1 N–H and O–H groups in total. The first-order valence-electron chi connectivity index (χ1n) is 5.89. The van der Waals surface area contributed by atoms with Gasteiger partial charge in [0, 0.05) is 6.42 Å². The summed E-state index contributed by atoms with van der Waals surface area (Å²) in [4.78, 5) is 22.9. The molecule has 4 nitrogen and oxygen atoms in total. The molecule has 0 atom stereocenters. The van der Waals surface area contributed by atoms with Gasteiger partial charge in [0.2, 0.25) is 0 Å². The van der Waals surface area contributed by atoms with E-state index in [4.69, 9.17) is 4.74 Å². The van der Waals surface area contributed by atoms with E-state index in [1.54, 1.807) is 20.8 Å². The lowest BCUT2D eigenvalue weighted by Crippen LogP contribution is -2.35. The zero-order chi connectivity index (χ0) is 13.6. The van der Waals surface area contributed by atoms with Crippen molar-refractivity contribution >= 4 is 11.9 Å². The minimum absolute atomic E-state index is 0.0101. The number of hydrogen-bond acceptors (Lipinski definition) is 3. The second-order valence-electron chi connectivity index (χ2n) is 5.06. The summed E-state index contributed by atoms with van der Waals surface area (Å²) in [5, 5.41) is 2.45. The van der Waals surface area contributed by atoms with Gasteiger partial charge in [0.05, 0.1) is 6.54 Å². The van der Waals surface area contributed by atoms with Gasteiger partial charge in [-0.3, -0.25) is 4.79 Å². The van der Waals surface area contributed by atoms with Crippen LogP contribution in [-0.4, -0.2) is 24.0 Å². The first-order chi connectivity index (χ1) is 8.37. The number of carbonyl (C=O) groups is 2. The molecule has 0 aliphatic carbocycles. The fraction of sp³-hybridized carbons (Fsp3) is 0.429. The van der Waals surface area contributed by atoms with Crippen molar-refractivity contribution in [3.8, 4) is 0 Å². The van der Waals surface area contributed by atoms with Crippen LogP contribution in [0.2, 0.25) is 0 Å². The highest BCUT2D eigenvalue weighted by molar-refractivity contribution is 5.85. The molecule has 0 aliphatic heterocycles. The third-order valence-corrected chi connectivity index (χ3v) is 2.07. The second kappa shape index (κ2) is 6.19. The number of alkyl carbamates (subject to hydrolysis) is 1. The van der Waals surface area contributed by atoms with Gasteiger partial charge in [-0.15, -0.1) is 0 Å². The van der Waals surface area contributed by atoms with Crippen molar-refractivity contribution in [1.82, 2.24) is 5.32 Å². The highest BCUT2D eigenvalue weighted by atomic mass is 16.6. The quantitative estimate of drug-likeness (QED) is 0.891. The third-order valence-electron chi connectivity index (χ3n) is 2.07. The fourth-order valence-electron chi connectivity index (χ4n) is 1.37. The molecule has 0 fully saturated rings. The van der Waals surface area contributed by atoms with Gasteiger partial charge >= 0.3 is 6.09 Å². The summed E-state index contributed by atoms with van der Waals surface area (Å²) in [5.74, 6) is -0.0490. The Morgan fingerprint density at radius 3 is 2.33 bits per heavy atom. The maximum Gasteiger partial charge on any atom is 0.408 e. The SMILES string of the molecule is CC(C)(C)OC(=O)NCC(=O)Cc1ccccc1. The number of benzene rings is 1. The number of Topliss-reactive ketones (excluding diaryl/α,β-unsaturated/α-hetero) is 1. The van der Waals surface area contributed by atoms with Gasteiger partial charge in [0.1, 0.15) is 5.60 Å². The van der Waals surface area contributed by atoms with Crippen LogP contribution in [0.15, 0.2) is 30.3 Å². The Hall–Kier alpha value is -1.84. The molecule has 0 aliphatic rings. The zero-order valence-electron chi connectivity index (χ0n) is 11.0. The summed E-state index contributed by atoms with van der Waals surface area (Å²) >= 11 is 0. The second-order valence-corrected chi connectivity index (χ2v) is 5.06. The van der Waals surface area contributed by atoms with E-state index in [2.05, 4.69) is 5.32 Å². The third kappa shape index (κ3) is 6.03. The number of hydrogen-bond donors (Lipinski definition) is 1. The molecule has 0 heterocycles. The van der Waals surface area contributed by atoms with E-state index in [9.17, 15) is 9.59 Å². The van der Waals surface area contributed by atoms with Crippen LogP contribution in [0.1, 0.15) is 26.3 Å². The van der Waals surface area contributed by atoms with Gasteiger partial charge in [0.15, 0.2) is 5.78 Å². The van der Waals surface area contributed by atoms with E-state index in [1.165, 1.54) is 0 Å². The molecule has 0 bridgehead atoms. The molecule has 0 aromatic heterocycles. The molecule has 0 spiro atoms. The standard InChI is InChI=1S/C14H19NO3/c1-14(2,3)18-13(17)15-10-12(16)9-11-7-5-4-6-8-11/h4-8H,9-10H2,1-3H3,(H,15,17). The molecule has 1 amide bonds. The largest absolute Gasteiger partial charge is 0.444 e. The van der Waals surface area contributed by atoms with E-state index < -0.39 is 11.7 Å². The van der Waals surface area contributed by atoms with E-state index in [0.29, 0.717) is 6.42 Å². The van der Waals surface area contributed by atoms with Gasteiger partial charge in [-0.05, 0) is 26.3 Å². The van der Waals surface area contributed by atoms with Crippen molar-refractivity contribution in [3.63, 3.8) is 0 Å². The molecular formula is C14H19NO3. The molecule has 0 unspecified atom stereocenters. The van der Waals surface area contributed by atoms with Crippen LogP contribution in [0.3, 0.4) is 0 Å². The Labute approximate surface area is 107 Å². The van der Waals surface area contributed by atoms with Gasteiger partial charge in [-0.2, -0.15) is 0 Å².